The number of benzene rings is 1. The van der Waals surface area contributed by atoms with E-state index < -0.39 is 14.6 Å². The van der Waals surface area contributed by atoms with Gasteiger partial charge in [-0.3, -0.25) is 4.79 Å². The lowest BCUT2D eigenvalue weighted by Gasteiger charge is -2.37. The summed E-state index contributed by atoms with van der Waals surface area (Å²) in [6, 6.07) is 7.83. The Morgan fingerprint density at radius 3 is 2.52 bits per heavy atom. The zero-order chi connectivity index (χ0) is 15.8. The van der Waals surface area contributed by atoms with E-state index in [0.29, 0.717) is 6.54 Å². The van der Waals surface area contributed by atoms with Crippen LogP contribution in [0, 0.1) is 0 Å². The Morgan fingerprint density at radius 1 is 1.33 bits per heavy atom. The predicted molar refractivity (Wildman–Crippen MR) is 84.1 cm³/mol. The van der Waals surface area contributed by atoms with Crippen molar-refractivity contribution in [1.29, 1.82) is 0 Å². The van der Waals surface area contributed by atoms with Crippen LogP contribution in [0.1, 0.15) is 31.9 Å². The molecule has 1 N–H and O–H groups in total. The van der Waals surface area contributed by atoms with E-state index in [2.05, 4.69) is 5.32 Å². The third kappa shape index (κ3) is 2.70. The first-order chi connectivity index (χ1) is 9.70. The zero-order valence-electron chi connectivity index (χ0n) is 12.9. The van der Waals surface area contributed by atoms with Gasteiger partial charge in [0, 0.05) is 24.5 Å². The Balaban J connectivity index is 2.45. The Bertz CT molecular complexity index is 653. The Kier molecular flexibility index (Phi) is 4.13. The molecule has 5 nitrogen and oxygen atoms in total. The van der Waals surface area contributed by atoms with Crippen molar-refractivity contribution in [3.8, 4) is 0 Å². The summed E-state index contributed by atoms with van der Waals surface area (Å²) in [6.07, 6.45) is 1.87. The number of fused-ring (bicyclic) bond motifs is 1. The van der Waals surface area contributed by atoms with Gasteiger partial charge in [-0.2, -0.15) is 0 Å². The van der Waals surface area contributed by atoms with Crippen LogP contribution in [0.25, 0.3) is 0 Å². The first-order valence-electron chi connectivity index (χ1n) is 6.98. The summed E-state index contributed by atoms with van der Waals surface area (Å²) >= 11 is 0. The molecule has 116 valence electrons. The van der Waals surface area contributed by atoms with E-state index in [1.165, 1.54) is 13.8 Å². The van der Waals surface area contributed by atoms with Gasteiger partial charge < -0.3 is 10.2 Å². The van der Waals surface area contributed by atoms with E-state index in [9.17, 15) is 13.2 Å². The van der Waals surface area contributed by atoms with Crippen LogP contribution in [0.3, 0.4) is 0 Å². The molecule has 1 unspecified atom stereocenters. The number of carbonyl (C=O) groups excluding carboxylic acids is 1. The molecule has 1 aromatic rings. The second-order valence-electron chi connectivity index (χ2n) is 5.93. The topological polar surface area (TPSA) is 66.5 Å². The molecule has 0 fully saturated rings. The van der Waals surface area contributed by atoms with Crippen LogP contribution in [0.4, 0.5) is 5.69 Å². The SMILES string of the molecule is CNC1CCN(C(=O)C(C)(C)S(C)(=O)=O)c2ccccc21. The molecule has 6 heteroatoms. The zero-order valence-corrected chi connectivity index (χ0v) is 13.7. The van der Waals surface area contributed by atoms with Crippen molar-refractivity contribution >= 4 is 21.4 Å². The fourth-order valence-electron chi connectivity index (χ4n) is 2.56. The lowest BCUT2D eigenvalue weighted by Crippen LogP contribution is -2.52. The number of para-hydroxylation sites is 1. The summed E-state index contributed by atoms with van der Waals surface area (Å²) < 4.78 is 22.4. The molecule has 0 saturated heterocycles. The summed E-state index contributed by atoms with van der Waals surface area (Å²) in [5.41, 5.74) is 1.83. The van der Waals surface area contributed by atoms with Gasteiger partial charge in [0.2, 0.25) is 5.91 Å². The van der Waals surface area contributed by atoms with Crippen molar-refractivity contribution in [2.45, 2.75) is 31.1 Å². The summed E-state index contributed by atoms with van der Waals surface area (Å²) in [5.74, 6) is -0.369. The molecule has 0 spiro atoms. The first kappa shape index (κ1) is 16.0. The maximum absolute atomic E-state index is 12.8. The monoisotopic (exact) mass is 310 g/mol. The van der Waals surface area contributed by atoms with Crippen LogP contribution in [0.15, 0.2) is 24.3 Å². The second kappa shape index (κ2) is 5.42. The molecule has 1 aromatic carbocycles. The molecule has 2 rings (SSSR count). The van der Waals surface area contributed by atoms with Gasteiger partial charge in [0.1, 0.15) is 4.75 Å². The molecular formula is C15H22N2O3S. The van der Waals surface area contributed by atoms with E-state index in [1.807, 2.05) is 31.3 Å². The second-order valence-corrected chi connectivity index (χ2v) is 8.49. The van der Waals surface area contributed by atoms with E-state index in [-0.39, 0.29) is 11.9 Å². The number of amides is 1. The lowest BCUT2D eigenvalue weighted by molar-refractivity contribution is -0.120. The molecule has 1 aliphatic heterocycles. The number of sulfone groups is 1. The van der Waals surface area contributed by atoms with Gasteiger partial charge in [-0.15, -0.1) is 0 Å². The Morgan fingerprint density at radius 2 is 1.95 bits per heavy atom. The molecule has 1 amide bonds. The average molecular weight is 310 g/mol. The average Bonchev–Trinajstić information content (AvgIpc) is 2.44. The highest BCUT2D eigenvalue weighted by atomic mass is 32.2. The van der Waals surface area contributed by atoms with Crippen molar-refractivity contribution in [2.75, 3.05) is 24.7 Å². The predicted octanol–water partition coefficient (Wildman–Crippen LogP) is 1.51. The molecule has 0 radical (unpaired) electrons. The number of nitrogens with zero attached hydrogens (tertiary/aromatic N) is 1. The van der Waals surface area contributed by atoms with Gasteiger partial charge in [0.15, 0.2) is 9.84 Å². The van der Waals surface area contributed by atoms with Crippen LogP contribution in [0.5, 0.6) is 0 Å². The maximum Gasteiger partial charge on any atom is 0.247 e. The molecule has 1 aliphatic rings. The van der Waals surface area contributed by atoms with Gasteiger partial charge in [-0.05, 0) is 38.9 Å². The number of hydrogen-bond acceptors (Lipinski definition) is 4. The van der Waals surface area contributed by atoms with E-state index >= 15 is 0 Å². The summed E-state index contributed by atoms with van der Waals surface area (Å²) in [5, 5.41) is 3.23. The minimum atomic E-state index is -3.48. The van der Waals surface area contributed by atoms with Gasteiger partial charge in [0.25, 0.3) is 0 Å². The van der Waals surface area contributed by atoms with E-state index in [4.69, 9.17) is 0 Å². The lowest BCUT2D eigenvalue weighted by atomic mass is 9.95. The molecule has 1 atom stereocenters. The highest BCUT2D eigenvalue weighted by Crippen LogP contribution is 2.35. The Labute approximate surface area is 126 Å². The van der Waals surface area contributed by atoms with Crippen LogP contribution < -0.4 is 10.2 Å². The smallest absolute Gasteiger partial charge is 0.247 e. The summed E-state index contributed by atoms with van der Waals surface area (Å²) in [6.45, 7) is 3.45. The van der Waals surface area contributed by atoms with Crippen molar-refractivity contribution in [3.05, 3.63) is 29.8 Å². The summed E-state index contributed by atoms with van der Waals surface area (Å²) in [4.78, 5) is 14.4. The minimum Gasteiger partial charge on any atom is -0.313 e. The number of anilines is 1. The first-order valence-corrected chi connectivity index (χ1v) is 8.87. The molecule has 0 aromatic heterocycles. The molecule has 0 bridgehead atoms. The number of rotatable bonds is 3. The quantitative estimate of drug-likeness (QED) is 0.919. The molecule has 0 aliphatic carbocycles. The van der Waals surface area contributed by atoms with Gasteiger partial charge in [-0.1, -0.05) is 18.2 Å². The van der Waals surface area contributed by atoms with Crippen molar-refractivity contribution < 1.29 is 13.2 Å². The van der Waals surface area contributed by atoms with Crippen LogP contribution in [0.2, 0.25) is 0 Å². The fourth-order valence-corrected chi connectivity index (χ4v) is 2.98. The van der Waals surface area contributed by atoms with Gasteiger partial charge >= 0.3 is 0 Å². The largest absolute Gasteiger partial charge is 0.313 e. The standard InChI is InChI=1S/C15H22N2O3S/c1-15(2,21(4,19)20)14(18)17-10-9-12(16-3)11-7-5-6-8-13(11)17/h5-8,12,16H,9-10H2,1-4H3. The maximum atomic E-state index is 12.8. The van der Waals surface area contributed by atoms with Crippen molar-refractivity contribution in [2.24, 2.45) is 0 Å². The third-order valence-electron chi connectivity index (χ3n) is 4.28. The van der Waals surface area contributed by atoms with Gasteiger partial charge in [0.05, 0.1) is 0 Å². The van der Waals surface area contributed by atoms with Crippen LogP contribution in [-0.4, -0.2) is 38.9 Å². The molecule has 0 saturated carbocycles. The van der Waals surface area contributed by atoms with Gasteiger partial charge in [-0.25, -0.2) is 8.42 Å². The fraction of sp³-hybridized carbons (Fsp3) is 0.533. The molecule has 1 heterocycles. The Hall–Kier alpha value is -1.40. The highest BCUT2D eigenvalue weighted by Gasteiger charge is 2.43. The minimum absolute atomic E-state index is 0.187. The number of carbonyl (C=O) groups is 1. The van der Waals surface area contributed by atoms with Crippen LogP contribution >= 0.6 is 0 Å². The van der Waals surface area contributed by atoms with E-state index in [0.717, 1.165) is 23.9 Å². The van der Waals surface area contributed by atoms with Crippen molar-refractivity contribution in [1.82, 2.24) is 5.32 Å². The number of hydrogen-bond donors (Lipinski definition) is 1. The summed E-state index contributed by atoms with van der Waals surface area (Å²) in [7, 11) is -1.59. The number of nitrogens with one attached hydrogen (secondary N) is 1. The van der Waals surface area contributed by atoms with E-state index in [1.54, 1.807) is 4.90 Å². The molecule has 21 heavy (non-hydrogen) atoms. The molecular weight excluding hydrogens is 288 g/mol. The van der Waals surface area contributed by atoms with Crippen molar-refractivity contribution in [3.63, 3.8) is 0 Å². The third-order valence-corrected chi connectivity index (χ3v) is 6.31. The van der Waals surface area contributed by atoms with Crippen LogP contribution in [-0.2, 0) is 14.6 Å². The highest BCUT2D eigenvalue weighted by molar-refractivity contribution is 7.92. The normalized spacial score (nSPS) is 19.2.